The molecule has 0 bridgehead atoms. The minimum absolute atomic E-state index is 0.246. The third kappa shape index (κ3) is 4.49. The summed E-state index contributed by atoms with van der Waals surface area (Å²) < 4.78 is 10.9. The highest BCUT2D eigenvalue weighted by molar-refractivity contribution is 7.98. The smallest absolute Gasteiger partial charge is 0.338 e. The largest absolute Gasteiger partial charge is 0.452 e. The molecule has 0 spiro atoms. The molecule has 0 saturated heterocycles. The van der Waals surface area contributed by atoms with Gasteiger partial charge < -0.3 is 14.5 Å². The van der Waals surface area contributed by atoms with Crippen molar-refractivity contribution in [2.75, 3.05) is 6.61 Å². The molecule has 7 heteroatoms. The van der Waals surface area contributed by atoms with E-state index in [0.29, 0.717) is 16.5 Å². The zero-order valence-corrected chi connectivity index (χ0v) is 15.3. The average Bonchev–Trinajstić information content (AvgIpc) is 3.40. The summed E-state index contributed by atoms with van der Waals surface area (Å²) in [7, 11) is 0. The Labute approximate surface area is 160 Å². The summed E-state index contributed by atoms with van der Waals surface area (Å²) in [6.45, 7) is -0.262. The van der Waals surface area contributed by atoms with Crippen molar-refractivity contribution in [1.29, 1.82) is 0 Å². The van der Waals surface area contributed by atoms with Crippen LogP contribution < -0.4 is 5.32 Å². The van der Waals surface area contributed by atoms with Crippen LogP contribution in [0.1, 0.15) is 28.8 Å². The molecular formula is C20H18N2O4S. The van der Waals surface area contributed by atoms with Crippen LogP contribution in [0.3, 0.4) is 0 Å². The molecule has 0 aliphatic heterocycles. The zero-order chi connectivity index (χ0) is 18.6. The minimum atomic E-state index is -0.505. The van der Waals surface area contributed by atoms with Crippen molar-refractivity contribution >= 4 is 34.7 Å². The van der Waals surface area contributed by atoms with Crippen LogP contribution in [0.15, 0.2) is 58.2 Å². The van der Waals surface area contributed by atoms with Crippen LogP contribution in [0.5, 0.6) is 0 Å². The zero-order valence-electron chi connectivity index (χ0n) is 14.5. The van der Waals surface area contributed by atoms with E-state index < -0.39 is 5.97 Å². The number of esters is 1. The maximum Gasteiger partial charge on any atom is 0.338 e. The number of aromatic nitrogens is 1. The van der Waals surface area contributed by atoms with Gasteiger partial charge in [0.2, 0.25) is 0 Å². The van der Waals surface area contributed by atoms with Gasteiger partial charge in [0.15, 0.2) is 12.2 Å². The summed E-state index contributed by atoms with van der Waals surface area (Å²) in [4.78, 5) is 28.5. The van der Waals surface area contributed by atoms with Crippen molar-refractivity contribution in [3.63, 3.8) is 0 Å². The van der Waals surface area contributed by atoms with E-state index in [1.165, 1.54) is 11.8 Å². The van der Waals surface area contributed by atoms with Crippen LogP contribution in [0.2, 0.25) is 0 Å². The molecule has 138 valence electrons. The van der Waals surface area contributed by atoms with Gasteiger partial charge in [0, 0.05) is 11.8 Å². The average molecular weight is 382 g/mol. The van der Waals surface area contributed by atoms with Gasteiger partial charge in [-0.3, -0.25) is 4.79 Å². The SMILES string of the molecule is O=C(COC(=O)c1ccccc1CSc1nc2ccccc2o1)NC1CC1. The van der Waals surface area contributed by atoms with E-state index in [-0.39, 0.29) is 18.6 Å². The van der Waals surface area contributed by atoms with Crippen LogP contribution in [0, 0.1) is 0 Å². The number of rotatable bonds is 7. The van der Waals surface area contributed by atoms with E-state index in [0.717, 1.165) is 29.5 Å². The fraction of sp³-hybridized carbons (Fsp3) is 0.250. The number of amides is 1. The standard InChI is InChI=1S/C20H18N2O4S/c23-18(21-14-9-10-14)11-25-19(24)15-6-2-1-5-13(15)12-27-20-22-16-7-3-4-8-17(16)26-20/h1-8,14H,9-12H2,(H,21,23). The Kier molecular flexibility index (Phi) is 5.11. The Morgan fingerprint density at radius 2 is 1.93 bits per heavy atom. The summed E-state index contributed by atoms with van der Waals surface area (Å²) in [6, 6.07) is 15.0. The molecule has 0 radical (unpaired) electrons. The Hall–Kier alpha value is -2.80. The molecule has 0 unspecified atom stereocenters. The topological polar surface area (TPSA) is 81.4 Å². The maximum atomic E-state index is 12.4. The van der Waals surface area contributed by atoms with Gasteiger partial charge in [-0.25, -0.2) is 9.78 Å². The summed E-state index contributed by atoms with van der Waals surface area (Å²) in [5.41, 5.74) is 2.78. The van der Waals surface area contributed by atoms with Crippen molar-refractivity contribution in [2.24, 2.45) is 0 Å². The summed E-state index contributed by atoms with van der Waals surface area (Å²) in [5, 5.41) is 3.34. The van der Waals surface area contributed by atoms with E-state index in [1.54, 1.807) is 12.1 Å². The van der Waals surface area contributed by atoms with Gasteiger partial charge in [-0.1, -0.05) is 42.1 Å². The first-order valence-electron chi connectivity index (χ1n) is 8.72. The molecule has 1 aliphatic carbocycles. The molecule has 1 N–H and O–H groups in total. The number of benzene rings is 2. The first-order chi connectivity index (χ1) is 13.2. The number of carbonyl (C=O) groups is 2. The van der Waals surface area contributed by atoms with Crippen molar-refractivity contribution in [2.45, 2.75) is 29.9 Å². The van der Waals surface area contributed by atoms with Crippen molar-refractivity contribution < 1.29 is 18.7 Å². The number of hydrogen-bond acceptors (Lipinski definition) is 6. The van der Waals surface area contributed by atoms with Crippen molar-refractivity contribution in [1.82, 2.24) is 10.3 Å². The molecule has 2 aromatic carbocycles. The fourth-order valence-corrected chi connectivity index (χ4v) is 3.45. The number of fused-ring (bicyclic) bond motifs is 1. The quantitative estimate of drug-likeness (QED) is 0.497. The minimum Gasteiger partial charge on any atom is -0.452 e. The van der Waals surface area contributed by atoms with Crippen LogP contribution in [0.4, 0.5) is 0 Å². The predicted molar refractivity (Wildman–Crippen MR) is 101 cm³/mol. The normalized spacial score (nSPS) is 13.5. The number of nitrogens with one attached hydrogen (secondary N) is 1. The molecule has 1 aliphatic rings. The Bertz CT molecular complexity index is 948. The Balaban J connectivity index is 1.39. The number of oxazole rings is 1. The van der Waals surface area contributed by atoms with E-state index in [1.807, 2.05) is 36.4 Å². The van der Waals surface area contributed by atoms with Crippen molar-refractivity contribution in [3.8, 4) is 0 Å². The molecule has 1 amide bonds. The number of nitrogens with zero attached hydrogens (tertiary/aromatic N) is 1. The predicted octanol–water partition coefficient (Wildman–Crippen LogP) is 3.56. The van der Waals surface area contributed by atoms with Crippen LogP contribution in [-0.4, -0.2) is 29.5 Å². The van der Waals surface area contributed by atoms with Crippen LogP contribution in [0.25, 0.3) is 11.1 Å². The molecule has 6 nitrogen and oxygen atoms in total. The number of para-hydroxylation sites is 2. The number of ether oxygens (including phenoxy) is 1. The van der Waals surface area contributed by atoms with E-state index in [9.17, 15) is 9.59 Å². The van der Waals surface area contributed by atoms with Crippen LogP contribution in [-0.2, 0) is 15.3 Å². The number of hydrogen-bond donors (Lipinski definition) is 1. The molecule has 1 aromatic heterocycles. The third-order valence-electron chi connectivity index (χ3n) is 4.14. The van der Waals surface area contributed by atoms with E-state index in [2.05, 4.69) is 10.3 Å². The second-order valence-electron chi connectivity index (χ2n) is 6.31. The first kappa shape index (κ1) is 17.6. The highest BCUT2D eigenvalue weighted by Gasteiger charge is 2.24. The van der Waals surface area contributed by atoms with Gasteiger partial charge in [-0.15, -0.1) is 0 Å². The van der Waals surface area contributed by atoms with E-state index >= 15 is 0 Å². The molecule has 27 heavy (non-hydrogen) atoms. The Morgan fingerprint density at radius 3 is 2.74 bits per heavy atom. The molecule has 3 aromatic rings. The molecular weight excluding hydrogens is 364 g/mol. The van der Waals surface area contributed by atoms with Gasteiger partial charge in [-0.2, -0.15) is 0 Å². The lowest BCUT2D eigenvalue weighted by molar-refractivity contribution is -0.124. The summed E-state index contributed by atoms with van der Waals surface area (Å²) in [5.74, 6) is -0.259. The molecule has 0 atom stereocenters. The van der Waals surface area contributed by atoms with Crippen molar-refractivity contribution in [3.05, 3.63) is 59.7 Å². The van der Waals surface area contributed by atoms with Gasteiger partial charge in [0.25, 0.3) is 11.1 Å². The summed E-state index contributed by atoms with van der Waals surface area (Å²) in [6.07, 6.45) is 1.99. The third-order valence-corrected chi connectivity index (χ3v) is 5.02. The van der Waals surface area contributed by atoms with Gasteiger partial charge in [0.1, 0.15) is 5.52 Å². The monoisotopic (exact) mass is 382 g/mol. The summed E-state index contributed by atoms with van der Waals surface area (Å²) >= 11 is 1.41. The molecule has 1 heterocycles. The highest BCUT2D eigenvalue weighted by Crippen LogP contribution is 2.27. The lowest BCUT2D eigenvalue weighted by atomic mass is 10.1. The maximum absolute atomic E-state index is 12.4. The lowest BCUT2D eigenvalue weighted by Crippen LogP contribution is -2.30. The number of thioether (sulfide) groups is 1. The van der Waals surface area contributed by atoms with Gasteiger partial charge in [-0.05, 0) is 36.6 Å². The molecule has 1 saturated carbocycles. The fourth-order valence-electron chi connectivity index (χ4n) is 2.60. The van der Waals surface area contributed by atoms with Gasteiger partial charge in [0.05, 0.1) is 5.56 Å². The van der Waals surface area contributed by atoms with Crippen LogP contribution >= 0.6 is 11.8 Å². The number of carbonyl (C=O) groups excluding carboxylic acids is 2. The van der Waals surface area contributed by atoms with E-state index in [4.69, 9.17) is 9.15 Å². The Morgan fingerprint density at radius 1 is 1.15 bits per heavy atom. The second-order valence-corrected chi connectivity index (χ2v) is 7.24. The lowest BCUT2D eigenvalue weighted by Gasteiger charge is -2.09. The highest BCUT2D eigenvalue weighted by atomic mass is 32.2. The second kappa shape index (κ2) is 7.84. The van der Waals surface area contributed by atoms with Gasteiger partial charge >= 0.3 is 5.97 Å². The first-order valence-corrected chi connectivity index (χ1v) is 9.70. The molecule has 4 rings (SSSR count). The molecule has 1 fully saturated rings.